The molecule has 0 radical (unpaired) electrons. The van der Waals surface area contributed by atoms with Crippen molar-refractivity contribution in [3.05, 3.63) is 12.2 Å². The number of quaternary nitrogens is 1. The van der Waals surface area contributed by atoms with E-state index in [1.54, 1.807) is 0 Å². The van der Waals surface area contributed by atoms with Crippen molar-refractivity contribution in [1.29, 1.82) is 0 Å². The molecule has 0 aromatic heterocycles. The third-order valence-electron chi connectivity index (χ3n) is 7.71. The average Bonchev–Trinajstić information content (AvgIpc) is 2.87. The molecule has 3 N–H and O–H groups in total. The largest absolute Gasteiger partial charge is 0.481 e. The summed E-state index contributed by atoms with van der Waals surface area (Å²) in [6.45, 7) is 5.11. The Kier molecular flexibility index (Phi) is 25.1. The first-order valence-corrected chi connectivity index (χ1v) is 16.0. The van der Waals surface area contributed by atoms with Gasteiger partial charge < -0.3 is 19.8 Å². The Morgan fingerprint density at radius 3 is 1.13 bits per heavy atom. The van der Waals surface area contributed by atoms with Gasteiger partial charge in [0.25, 0.3) is 0 Å². The van der Waals surface area contributed by atoms with E-state index in [4.69, 9.17) is 15.3 Å². The zero-order valence-electron chi connectivity index (χ0n) is 25.1. The fourth-order valence-electron chi connectivity index (χ4n) is 5.40. The lowest BCUT2D eigenvalue weighted by Crippen LogP contribution is -2.51. The van der Waals surface area contributed by atoms with Gasteiger partial charge in [0.05, 0.1) is 45.4 Å². The molecule has 0 aliphatic rings. The van der Waals surface area contributed by atoms with E-state index in [1.807, 2.05) is 0 Å². The van der Waals surface area contributed by atoms with Crippen molar-refractivity contribution in [2.24, 2.45) is 0 Å². The minimum atomic E-state index is -0.824. The van der Waals surface area contributed by atoms with Gasteiger partial charge >= 0.3 is 17.9 Å². The van der Waals surface area contributed by atoms with Crippen LogP contribution in [0.4, 0.5) is 0 Å². The van der Waals surface area contributed by atoms with Crippen LogP contribution in [-0.2, 0) is 14.4 Å². The minimum Gasteiger partial charge on any atom is -0.481 e. The van der Waals surface area contributed by atoms with E-state index >= 15 is 0 Å². The topological polar surface area (TPSA) is 112 Å². The lowest BCUT2D eigenvalue weighted by atomic mass is 10.0. The molecule has 0 aliphatic carbocycles. The molecule has 7 nitrogen and oxygen atoms in total. The first-order valence-electron chi connectivity index (χ1n) is 16.0. The number of unbranched alkanes of at least 4 members (excludes halogenated alkanes) is 14. The summed E-state index contributed by atoms with van der Waals surface area (Å²) < 4.78 is 0.642. The highest BCUT2D eigenvalue weighted by molar-refractivity contribution is 5.67. The second kappa shape index (κ2) is 26.3. The Balaban J connectivity index is 4.16. The van der Waals surface area contributed by atoms with Crippen molar-refractivity contribution in [3.8, 4) is 0 Å². The summed E-state index contributed by atoms with van der Waals surface area (Å²) in [6, 6.07) is 0. The maximum atomic E-state index is 11.1. The van der Waals surface area contributed by atoms with Gasteiger partial charge in [0.2, 0.25) is 0 Å². The molecule has 0 saturated heterocycles. The van der Waals surface area contributed by atoms with Crippen LogP contribution < -0.4 is 0 Å². The third kappa shape index (κ3) is 26.1. The summed E-state index contributed by atoms with van der Waals surface area (Å²) in [7, 11) is 0. The highest BCUT2D eigenvalue weighted by Crippen LogP contribution is 2.19. The molecule has 39 heavy (non-hydrogen) atoms. The maximum Gasteiger partial charge on any atom is 0.303 e. The molecule has 0 aromatic rings. The molecule has 0 aromatic carbocycles. The van der Waals surface area contributed by atoms with E-state index in [0.29, 0.717) is 43.4 Å². The van der Waals surface area contributed by atoms with E-state index in [0.717, 1.165) is 19.4 Å². The molecule has 7 heteroatoms. The molecule has 0 unspecified atom stereocenters. The monoisotopic (exact) mass is 554 g/mol. The number of aliphatic carboxylic acids is 3. The molecule has 0 atom stereocenters. The van der Waals surface area contributed by atoms with Crippen LogP contribution in [0.15, 0.2) is 12.2 Å². The zero-order chi connectivity index (χ0) is 29.0. The van der Waals surface area contributed by atoms with Gasteiger partial charge in [-0.25, -0.2) is 0 Å². The van der Waals surface area contributed by atoms with Crippen LogP contribution in [0.1, 0.15) is 148 Å². The van der Waals surface area contributed by atoms with E-state index < -0.39 is 17.9 Å². The number of allylic oxidation sites excluding steroid dienone is 2. The van der Waals surface area contributed by atoms with Crippen LogP contribution in [0.2, 0.25) is 0 Å². The van der Waals surface area contributed by atoms with Gasteiger partial charge in [-0.3, -0.25) is 14.4 Å². The zero-order valence-corrected chi connectivity index (χ0v) is 25.1. The van der Waals surface area contributed by atoms with Crippen molar-refractivity contribution in [2.45, 2.75) is 148 Å². The van der Waals surface area contributed by atoms with Gasteiger partial charge in [-0.1, -0.05) is 89.7 Å². The number of rotatable bonds is 30. The van der Waals surface area contributed by atoms with Crippen LogP contribution >= 0.6 is 0 Å². The second-order valence-electron chi connectivity index (χ2n) is 11.4. The third-order valence-corrected chi connectivity index (χ3v) is 7.71. The quantitative estimate of drug-likeness (QED) is 0.0468. The molecule has 0 heterocycles. The van der Waals surface area contributed by atoms with Crippen molar-refractivity contribution in [1.82, 2.24) is 0 Å². The Morgan fingerprint density at radius 2 is 0.769 bits per heavy atom. The number of nitrogens with zero attached hydrogens (tertiary/aromatic N) is 1. The molecule has 0 aliphatic heterocycles. The highest BCUT2D eigenvalue weighted by atomic mass is 16.4. The van der Waals surface area contributed by atoms with Crippen LogP contribution in [0.25, 0.3) is 0 Å². The van der Waals surface area contributed by atoms with E-state index in [-0.39, 0.29) is 19.3 Å². The molecular formula is C32H60NO6+. The van der Waals surface area contributed by atoms with Gasteiger partial charge in [0, 0.05) is 19.3 Å². The van der Waals surface area contributed by atoms with Crippen molar-refractivity contribution < 1.29 is 34.2 Å². The first kappa shape index (κ1) is 37.1. The van der Waals surface area contributed by atoms with Gasteiger partial charge in [0.1, 0.15) is 0 Å². The standard InChI is InChI=1S/C32H59NO6/c1-2-3-4-5-6-7-8-9-10-11-12-13-14-15-16-17-18-19-26-33(27-20-23-30(34)35,28-21-24-31(36)37)29-22-25-32(38)39/h5-6H,2-4,7-29H2,1H3,(H2-,34,35,36,37,38,39)/p+1/b6-5+. The molecule has 0 rings (SSSR count). The fourth-order valence-corrected chi connectivity index (χ4v) is 5.40. The normalized spacial score (nSPS) is 11.8. The number of hydrogen-bond donors (Lipinski definition) is 3. The summed E-state index contributed by atoms with van der Waals surface area (Å²) >= 11 is 0. The second-order valence-corrected chi connectivity index (χ2v) is 11.4. The molecule has 0 saturated carbocycles. The van der Waals surface area contributed by atoms with Gasteiger partial charge in [0.15, 0.2) is 0 Å². The van der Waals surface area contributed by atoms with Crippen LogP contribution in [0.3, 0.4) is 0 Å². The Labute approximate surface area is 238 Å². The smallest absolute Gasteiger partial charge is 0.303 e. The summed E-state index contributed by atoms with van der Waals surface area (Å²) in [5.74, 6) is -2.47. The van der Waals surface area contributed by atoms with Gasteiger partial charge in [-0.05, 0) is 32.1 Å². The van der Waals surface area contributed by atoms with E-state index in [1.165, 1.54) is 89.9 Å². The van der Waals surface area contributed by atoms with Gasteiger partial charge in [-0.2, -0.15) is 0 Å². The predicted molar refractivity (Wildman–Crippen MR) is 159 cm³/mol. The molecule has 228 valence electrons. The summed E-state index contributed by atoms with van der Waals surface area (Å²) in [4.78, 5) is 33.2. The number of hydrogen-bond acceptors (Lipinski definition) is 3. The Bertz CT molecular complexity index is 598. The summed E-state index contributed by atoms with van der Waals surface area (Å²) in [5, 5.41) is 27.2. The Hall–Kier alpha value is -1.89. The van der Waals surface area contributed by atoms with E-state index in [9.17, 15) is 14.4 Å². The number of carboxylic acids is 3. The SMILES string of the molecule is CCCC/C=C/CCCCCCCCCCCCCC[N+](CCCC(=O)O)(CCCC(=O)O)CCCC(=O)O. The number of carboxylic acid groups (broad SMARTS) is 3. The van der Waals surface area contributed by atoms with E-state index in [2.05, 4.69) is 19.1 Å². The predicted octanol–water partition coefficient (Wildman–Crippen LogP) is 8.22. The lowest BCUT2D eigenvalue weighted by Gasteiger charge is -2.39. The van der Waals surface area contributed by atoms with Crippen molar-refractivity contribution >= 4 is 17.9 Å². The minimum absolute atomic E-state index is 0.0916. The molecule has 0 fully saturated rings. The Morgan fingerprint density at radius 1 is 0.462 bits per heavy atom. The van der Waals surface area contributed by atoms with Gasteiger partial charge in [-0.15, -0.1) is 0 Å². The fraction of sp³-hybridized carbons (Fsp3) is 0.844. The average molecular weight is 555 g/mol. The molecule has 0 amide bonds. The summed E-state index contributed by atoms with van der Waals surface area (Å²) in [6.07, 6.45) is 26.8. The molecule has 0 bridgehead atoms. The lowest BCUT2D eigenvalue weighted by molar-refractivity contribution is -0.929. The first-order chi connectivity index (χ1) is 18.8. The highest BCUT2D eigenvalue weighted by Gasteiger charge is 2.27. The summed E-state index contributed by atoms with van der Waals surface area (Å²) in [5.41, 5.74) is 0. The number of carbonyl (C=O) groups is 3. The molecular weight excluding hydrogens is 494 g/mol. The van der Waals surface area contributed by atoms with Crippen LogP contribution in [0, 0.1) is 0 Å². The van der Waals surface area contributed by atoms with Crippen LogP contribution in [-0.4, -0.2) is 63.9 Å². The van der Waals surface area contributed by atoms with Crippen molar-refractivity contribution in [3.63, 3.8) is 0 Å². The van der Waals surface area contributed by atoms with Crippen molar-refractivity contribution in [2.75, 3.05) is 26.2 Å². The van der Waals surface area contributed by atoms with Crippen LogP contribution in [0.5, 0.6) is 0 Å². The maximum absolute atomic E-state index is 11.1. The molecule has 0 spiro atoms.